The lowest BCUT2D eigenvalue weighted by molar-refractivity contribution is -0.121. The molecule has 0 spiro atoms. The molecule has 0 saturated carbocycles. The van der Waals surface area contributed by atoms with Gasteiger partial charge in [-0.15, -0.1) is 0 Å². The molecule has 3 heterocycles. The highest BCUT2D eigenvalue weighted by atomic mass is 16.1. The van der Waals surface area contributed by atoms with Gasteiger partial charge in [0, 0.05) is 42.1 Å². The van der Waals surface area contributed by atoms with E-state index in [0.29, 0.717) is 24.4 Å². The Morgan fingerprint density at radius 1 is 1.14 bits per heavy atom. The van der Waals surface area contributed by atoms with E-state index in [1.807, 2.05) is 0 Å². The van der Waals surface area contributed by atoms with Crippen LogP contribution in [0.2, 0.25) is 0 Å². The first-order valence-electron chi connectivity index (χ1n) is 11.2. The summed E-state index contributed by atoms with van der Waals surface area (Å²) in [4.78, 5) is 15.2. The van der Waals surface area contributed by atoms with Crippen molar-refractivity contribution in [1.29, 1.82) is 0 Å². The molecule has 0 radical (unpaired) electrons. The van der Waals surface area contributed by atoms with Crippen molar-refractivity contribution in [3.8, 4) is 0 Å². The van der Waals surface area contributed by atoms with Crippen LogP contribution in [0.5, 0.6) is 0 Å². The van der Waals surface area contributed by atoms with Crippen LogP contribution in [0.25, 0.3) is 10.9 Å². The lowest BCUT2D eigenvalue weighted by Gasteiger charge is -2.44. The van der Waals surface area contributed by atoms with Crippen molar-refractivity contribution >= 4 is 16.8 Å². The average Bonchev–Trinajstić information content (AvgIpc) is 3.10. The number of fused-ring (bicyclic) bond motifs is 2. The summed E-state index contributed by atoms with van der Waals surface area (Å²) in [6.45, 7) is 7.79. The highest BCUT2D eigenvalue weighted by Crippen LogP contribution is 2.30. The zero-order valence-corrected chi connectivity index (χ0v) is 17.5. The van der Waals surface area contributed by atoms with Crippen molar-refractivity contribution in [2.75, 3.05) is 19.6 Å². The van der Waals surface area contributed by atoms with Crippen LogP contribution in [0.1, 0.15) is 64.0 Å². The fourth-order valence-corrected chi connectivity index (χ4v) is 5.30. The van der Waals surface area contributed by atoms with Crippen LogP contribution in [0, 0.1) is 5.92 Å². The number of nitrogens with zero attached hydrogens (tertiary/aromatic N) is 2. The summed E-state index contributed by atoms with van der Waals surface area (Å²) < 4.78 is 2.32. The molecule has 1 amide bonds. The Bertz CT molecular complexity index is 807. The van der Waals surface area contributed by atoms with Gasteiger partial charge in [-0.25, -0.2) is 0 Å². The first kappa shape index (κ1) is 19.5. The minimum atomic E-state index is 0.203. The Morgan fingerprint density at radius 3 is 2.82 bits per heavy atom. The number of para-hydroxylation sites is 1. The van der Waals surface area contributed by atoms with E-state index in [2.05, 4.69) is 59.1 Å². The predicted molar refractivity (Wildman–Crippen MR) is 116 cm³/mol. The van der Waals surface area contributed by atoms with E-state index in [9.17, 15) is 4.79 Å². The molecule has 4 nitrogen and oxygen atoms in total. The topological polar surface area (TPSA) is 37.3 Å². The molecule has 1 aromatic carbocycles. The first-order valence-corrected chi connectivity index (χ1v) is 11.2. The van der Waals surface area contributed by atoms with Crippen LogP contribution in [0.3, 0.4) is 0 Å². The lowest BCUT2D eigenvalue weighted by atomic mass is 9.83. The molecule has 2 aliphatic heterocycles. The standard InChI is InChI=1S/C24H35N3O/c1-18(2)27-17-20(21-9-3-4-11-23(21)27)12-13-24(28)25-16-19-8-7-15-26-14-6-5-10-22(19)26/h3-4,9,11,17-19,22H,5-8,10,12-16H2,1-2H3,(H,25,28). The monoisotopic (exact) mass is 381 g/mol. The smallest absolute Gasteiger partial charge is 0.220 e. The summed E-state index contributed by atoms with van der Waals surface area (Å²) >= 11 is 0. The zero-order chi connectivity index (χ0) is 19.5. The molecule has 2 unspecified atom stereocenters. The highest BCUT2D eigenvalue weighted by molar-refractivity contribution is 5.85. The second kappa shape index (κ2) is 8.69. The Labute approximate surface area is 169 Å². The Morgan fingerprint density at radius 2 is 1.96 bits per heavy atom. The quantitative estimate of drug-likeness (QED) is 0.798. The van der Waals surface area contributed by atoms with Gasteiger partial charge in [0.25, 0.3) is 0 Å². The number of hydrogen-bond donors (Lipinski definition) is 1. The van der Waals surface area contributed by atoms with Crippen molar-refractivity contribution in [2.24, 2.45) is 5.92 Å². The minimum absolute atomic E-state index is 0.203. The number of piperidine rings is 2. The third-order valence-electron chi connectivity index (χ3n) is 6.79. The van der Waals surface area contributed by atoms with Crippen molar-refractivity contribution < 1.29 is 4.79 Å². The van der Waals surface area contributed by atoms with Crippen molar-refractivity contribution in [3.05, 3.63) is 36.0 Å². The summed E-state index contributed by atoms with van der Waals surface area (Å²) in [6, 6.07) is 9.68. The lowest BCUT2D eigenvalue weighted by Crippen LogP contribution is -2.51. The van der Waals surface area contributed by atoms with E-state index in [1.54, 1.807) is 0 Å². The van der Waals surface area contributed by atoms with E-state index in [4.69, 9.17) is 0 Å². The molecule has 1 aromatic heterocycles. The fraction of sp³-hybridized carbons (Fsp3) is 0.625. The van der Waals surface area contributed by atoms with Crippen LogP contribution in [-0.4, -0.2) is 41.1 Å². The van der Waals surface area contributed by atoms with Gasteiger partial charge >= 0.3 is 0 Å². The van der Waals surface area contributed by atoms with Gasteiger partial charge in [0.2, 0.25) is 5.91 Å². The van der Waals surface area contributed by atoms with Gasteiger partial charge in [-0.3, -0.25) is 4.79 Å². The number of carbonyl (C=O) groups is 1. The van der Waals surface area contributed by atoms with Gasteiger partial charge in [0.1, 0.15) is 0 Å². The third kappa shape index (κ3) is 4.12. The third-order valence-corrected chi connectivity index (χ3v) is 6.79. The summed E-state index contributed by atoms with van der Waals surface area (Å²) in [6.07, 6.45) is 10.2. The Balaban J connectivity index is 1.33. The van der Waals surface area contributed by atoms with Crippen molar-refractivity contribution in [2.45, 2.75) is 70.9 Å². The maximum Gasteiger partial charge on any atom is 0.220 e. The molecule has 28 heavy (non-hydrogen) atoms. The molecule has 2 aliphatic rings. The van der Waals surface area contributed by atoms with E-state index < -0.39 is 0 Å². The number of rotatable bonds is 6. The number of carbonyl (C=O) groups excluding carboxylic acids is 1. The molecule has 4 rings (SSSR count). The highest BCUT2D eigenvalue weighted by Gasteiger charge is 2.32. The molecule has 2 atom stereocenters. The van der Waals surface area contributed by atoms with Crippen molar-refractivity contribution in [3.63, 3.8) is 0 Å². The normalized spacial score (nSPS) is 23.1. The molecule has 1 N–H and O–H groups in total. The summed E-state index contributed by atoms with van der Waals surface area (Å²) in [5.74, 6) is 0.843. The molecule has 0 bridgehead atoms. The predicted octanol–water partition coefficient (Wildman–Crippen LogP) is 4.54. The van der Waals surface area contributed by atoms with Crippen LogP contribution >= 0.6 is 0 Å². The summed E-state index contributed by atoms with van der Waals surface area (Å²) in [5.41, 5.74) is 2.56. The number of nitrogens with one attached hydrogen (secondary N) is 1. The van der Waals surface area contributed by atoms with Crippen LogP contribution in [0.15, 0.2) is 30.5 Å². The van der Waals surface area contributed by atoms with Gasteiger partial charge in [-0.05, 0) is 76.6 Å². The maximum atomic E-state index is 12.6. The SMILES string of the molecule is CC(C)n1cc(CCC(=O)NCC2CCCN3CCCCC23)c2ccccc21. The first-order chi connectivity index (χ1) is 13.6. The second-order valence-corrected chi connectivity index (χ2v) is 8.98. The zero-order valence-electron chi connectivity index (χ0n) is 17.5. The Hall–Kier alpha value is -1.81. The molecule has 2 saturated heterocycles. The van der Waals surface area contributed by atoms with Gasteiger partial charge in [0.05, 0.1) is 0 Å². The number of aryl methyl sites for hydroxylation is 1. The molecular formula is C24H35N3O. The minimum Gasteiger partial charge on any atom is -0.356 e. The van der Waals surface area contributed by atoms with Gasteiger partial charge in [0.15, 0.2) is 0 Å². The van der Waals surface area contributed by atoms with E-state index in [1.165, 1.54) is 61.7 Å². The van der Waals surface area contributed by atoms with E-state index in [0.717, 1.165) is 13.0 Å². The van der Waals surface area contributed by atoms with Crippen LogP contribution in [-0.2, 0) is 11.2 Å². The average molecular weight is 382 g/mol. The number of amides is 1. The largest absolute Gasteiger partial charge is 0.356 e. The molecule has 2 aromatic rings. The Kier molecular flexibility index (Phi) is 6.05. The number of hydrogen-bond acceptors (Lipinski definition) is 2. The van der Waals surface area contributed by atoms with E-state index in [-0.39, 0.29) is 5.91 Å². The summed E-state index contributed by atoms with van der Waals surface area (Å²) in [5, 5.41) is 4.55. The fourth-order valence-electron chi connectivity index (χ4n) is 5.30. The molecule has 2 fully saturated rings. The summed E-state index contributed by atoms with van der Waals surface area (Å²) in [7, 11) is 0. The van der Waals surface area contributed by atoms with Gasteiger partial charge in [-0.2, -0.15) is 0 Å². The number of benzene rings is 1. The molecule has 152 valence electrons. The number of aromatic nitrogens is 1. The van der Waals surface area contributed by atoms with Crippen LogP contribution in [0.4, 0.5) is 0 Å². The van der Waals surface area contributed by atoms with Crippen LogP contribution < -0.4 is 5.32 Å². The molecule has 0 aliphatic carbocycles. The molecular weight excluding hydrogens is 346 g/mol. The van der Waals surface area contributed by atoms with Gasteiger partial charge < -0.3 is 14.8 Å². The van der Waals surface area contributed by atoms with Gasteiger partial charge in [-0.1, -0.05) is 24.6 Å². The maximum absolute atomic E-state index is 12.6. The second-order valence-electron chi connectivity index (χ2n) is 8.98. The molecule has 4 heteroatoms. The van der Waals surface area contributed by atoms with E-state index >= 15 is 0 Å². The van der Waals surface area contributed by atoms with Crippen molar-refractivity contribution in [1.82, 2.24) is 14.8 Å².